The molecule has 33 heavy (non-hydrogen) atoms. The lowest BCUT2D eigenvalue weighted by atomic mass is 10.2. The van der Waals surface area contributed by atoms with Crippen LogP contribution in [0.3, 0.4) is 0 Å². The number of hydrogen-bond donors (Lipinski definition) is 1. The SMILES string of the molecule is O=C(Cn1cc(S(=O)(=O)Cc2ccccc2F)c2ccccc21)NCCCN1CCCC1=O. The zero-order chi connectivity index (χ0) is 23.4. The van der Waals surface area contributed by atoms with E-state index in [0.717, 1.165) is 13.0 Å². The van der Waals surface area contributed by atoms with E-state index in [1.165, 1.54) is 24.4 Å². The molecule has 4 rings (SSSR count). The number of nitrogens with zero attached hydrogens (tertiary/aromatic N) is 2. The van der Waals surface area contributed by atoms with Crippen LogP contribution in [0.5, 0.6) is 0 Å². The Hall–Kier alpha value is -3.20. The Balaban J connectivity index is 1.46. The average molecular weight is 472 g/mol. The van der Waals surface area contributed by atoms with Crippen molar-refractivity contribution < 1.29 is 22.4 Å². The molecule has 2 heterocycles. The second-order valence-corrected chi connectivity index (χ2v) is 10.1. The summed E-state index contributed by atoms with van der Waals surface area (Å²) in [5, 5.41) is 3.33. The summed E-state index contributed by atoms with van der Waals surface area (Å²) >= 11 is 0. The number of carbonyl (C=O) groups excluding carboxylic acids is 2. The average Bonchev–Trinajstić information content (AvgIpc) is 3.37. The normalized spacial score (nSPS) is 14.2. The molecule has 0 radical (unpaired) electrons. The minimum atomic E-state index is -3.84. The van der Waals surface area contributed by atoms with Gasteiger partial charge in [-0.05, 0) is 25.0 Å². The summed E-state index contributed by atoms with van der Waals surface area (Å²) in [5.41, 5.74) is 0.714. The van der Waals surface area contributed by atoms with Gasteiger partial charge in [0.1, 0.15) is 12.4 Å². The van der Waals surface area contributed by atoms with E-state index in [0.29, 0.717) is 36.8 Å². The number of amides is 2. The van der Waals surface area contributed by atoms with Gasteiger partial charge in [0.15, 0.2) is 9.84 Å². The molecule has 1 fully saturated rings. The summed E-state index contributed by atoms with van der Waals surface area (Å²) < 4.78 is 41.9. The number of fused-ring (bicyclic) bond motifs is 1. The smallest absolute Gasteiger partial charge is 0.239 e. The van der Waals surface area contributed by atoms with Gasteiger partial charge in [-0.2, -0.15) is 0 Å². The standard InChI is InChI=1S/C24H26FN3O4S/c25-20-9-3-1-7-18(20)17-33(31,32)22-15-28(21-10-4-2-8-19(21)22)16-23(29)26-12-6-14-27-13-5-11-24(27)30/h1-4,7-10,15H,5-6,11-14,16-17H2,(H,26,29). The number of benzene rings is 2. The minimum Gasteiger partial charge on any atom is -0.354 e. The van der Waals surface area contributed by atoms with Crippen LogP contribution in [0.15, 0.2) is 59.6 Å². The number of aromatic nitrogens is 1. The van der Waals surface area contributed by atoms with E-state index >= 15 is 0 Å². The molecule has 0 bridgehead atoms. The number of halogens is 1. The lowest BCUT2D eigenvalue weighted by molar-refractivity contribution is -0.127. The Labute approximate surface area is 192 Å². The van der Waals surface area contributed by atoms with Crippen LogP contribution >= 0.6 is 0 Å². The first-order valence-corrected chi connectivity index (χ1v) is 12.6. The van der Waals surface area contributed by atoms with E-state index in [-0.39, 0.29) is 28.8 Å². The van der Waals surface area contributed by atoms with Crippen LogP contribution in [0.2, 0.25) is 0 Å². The van der Waals surface area contributed by atoms with E-state index < -0.39 is 21.4 Å². The van der Waals surface area contributed by atoms with Gasteiger partial charge in [-0.1, -0.05) is 36.4 Å². The molecular weight excluding hydrogens is 445 g/mol. The Morgan fingerprint density at radius 1 is 1.09 bits per heavy atom. The zero-order valence-corrected chi connectivity index (χ0v) is 19.0. The maximum Gasteiger partial charge on any atom is 0.239 e. The van der Waals surface area contributed by atoms with Crippen molar-refractivity contribution in [1.82, 2.24) is 14.8 Å². The summed E-state index contributed by atoms with van der Waals surface area (Å²) in [6.45, 7) is 1.77. The maximum atomic E-state index is 14.1. The van der Waals surface area contributed by atoms with Gasteiger partial charge in [-0.3, -0.25) is 9.59 Å². The third-order valence-corrected chi connectivity index (χ3v) is 7.49. The molecule has 0 atom stereocenters. The van der Waals surface area contributed by atoms with Crippen molar-refractivity contribution >= 4 is 32.6 Å². The molecule has 0 spiro atoms. The van der Waals surface area contributed by atoms with Crippen LogP contribution in [-0.2, 0) is 31.7 Å². The fourth-order valence-corrected chi connectivity index (χ4v) is 5.73. The number of likely N-dealkylation sites (tertiary alicyclic amines) is 1. The molecule has 1 aliphatic rings. The fraction of sp³-hybridized carbons (Fsp3) is 0.333. The molecule has 0 aliphatic carbocycles. The molecule has 9 heteroatoms. The molecule has 3 aromatic rings. The molecule has 2 amide bonds. The number of rotatable bonds is 9. The van der Waals surface area contributed by atoms with Crippen molar-refractivity contribution in [3.05, 3.63) is 66.1 Å². The van der Waals surface area contributed by atoms with Crippen molar-refractivity contribution in [3.63, 3.8) is 0 Å². The van der Waals surface area contributed by atoms with Gasteiger partial charge < -0.3 is 14.8 Å². The summed E-state index contributed by atoms with van der Waals surface area (Å²) in [4.78, 5) is 26.0. The minimum absolute atomic E-state index is 0.0433. The molecule has 1 aliphatic heterocycles. The Kier molecular flexibility index (Phi) is 6.78. The highest BCUT2D eigenvalue weighted by Crippen LogP contribution is 2.28. The first-order valence-electron chi connectivity index (χ1n) is 10.9. The number of sulfone groups is 1. The van der Waals surface area contributed by atoms with Crippen molar-refractivity contribution in [1.29, 1.82) is 0 Å². The fourth-order valence-electron chi connectivity index (χ4n) is 4.14. The molecular formula is C24H26FN3O4S. The second-order valence-electron chi connectivity index (χ2n) is 8.18. The third kappa shape index (κ3) is 5.24. The Morgan fingerprint density at radius 3 is 2.61 bits per heavy atom. The third-order valence-electron chi connectivity index (χ3n) is 5.80. The summed E-state index contributed by atoms with van der Waals surface area (Å²) in [6.07, 6.45) is 3.58. The highest BCUT2D eigenvalue weighted by atomic mass is 32.2. The van der Waals surface area contributed by atoms with Gasteiger partial charge in [-0.25, -0.2) is 12.8 Å². The largest absolute Gasteiger partial charge is 0.354 e. The predicted octanol–water partition coefficient (Wildman–Crippen LogP) is 2.88. The second kappa shape index (κ2) is 9.74. The van der Waals surface area contributed by atoms with E-state index in [2.05, 4.69) is 5.32 Å². The topological polar surface area (TPSA) is 88.5 Å². The van der Waals surface area contributed by atoms with Gasteiger partial charge >= 0.3 is 0 Å². The van der Waals surface area contributed by atoms with Gasteiger partial charge in [0.25, 0.3) is 0 Å². The van der Waals surface area contributed by atoms with Gasteiger partial charge in [0.2, 0.25) is 11.8 Å². The van der Waals surface area contributed by atoms with Crippen LogP contribution in [-0.4, -0.2) is 49.3 Å². The van der Waals surface area contributed by atoms with E-state index in [1.807, 2.05) is 0 Å². The first kappa shape index (κ1) is 23.0. The Bertz CT molecular complexity index is 1290. The first-order chi connectivity index (χ1) is 15.8. The number of para-hydroxylation sites is 1. The van der Waals surface area contributed by atoms with Crippen LogP contribution in [0.25, 0.3) is 10.9 Å². The van der Waals surface area contributed by atoms with Crippen molar-refractivity contribution in [3.8, 4) is 0 Å². The highest BCUT2D eigenvalue weighted by Gasteiger charge is 2.24. The molecule has 0 unspecified atom stereocenters. The molecule has 2 aromatic carbocycles. The van der Waals surface area contributed by atoms with Gasteiger partial charge in [0.05, 0.1) is 10.6 Å². The molecule has 7 nitrogen and oxygen atoms in total. The summed E-state index contributed by atoms with van der Waals surface area (Å²) in [6, 6.07) is 12.7. The molecule has 174 valence electrons. The van der Waals surface area contributed by atoms with Crippen molar-refractivity contribution in [2.75, 3.05) is 19.6 Å². The zero-order valence-electron chi connectivity index (χ0n) is 18.2. The van der Waals surface area contributed by atoms with Crippen molar-refractivity contribution in [2.45, 2.75) is 36.5 Å². The lowest BCUT2D eigenvalue weighted by Crippen LogP contribution is -2.32. The quantitative estimate of drug-likeness (QED) is 0.486. The van der Waals surface area contributed by atoms with Gasteiger partial charge in [0, 0.05) is 48.7 Å². The number of hydrogen-bond acceptors (Lipinski definition) is 4. The number of carbonyl (C=O) groups is 2. The lowest BCUT2D eigenvalue weighted by Gasteiger charge is -2.15. The Morgan fingerprint density at radius 2 is 1.85 bits per heavy atom. The van der Waals surface area contributed by atoms with E-state index in [4.69, 9.17) is 0 Å². The molecule has 0 saturated carbocycles. The van der Waals surface area contributed by atoms with Crippen LogP contribution in [0.1, 0.15) is 24.8 Å². The molecule has 1 saturated heterocycles. The van der Waals surface area contributed by atoms with Crippen LogP contribution < -0.4 is 5.32 Å². The number of nitrogens with one attached hydrogen (secondary N) is 1. The predicted molar refractivity (Wildman–Crippen MR) is 123 cm³/mol. The van der Waals surface area contributed by atoms with Gasteiger partial charge in [-0.15, -0.1) is 0 Å². The van der Waals surface area contributed by atoms with Crippen molar-refractivity contribution in [2.24, 2.45) is 0 Å². The van der Waals surface area contributed by atoms with Crippen LogP contribution in [0.4, 0.5) is 4.39 Å². The summed E-state index contributed by atoms with van der Waals surface area (Å²) in [7, 11) is -3.84. The van der Waals surface area contributed by atoms with Crippen LogP contribution in [0, 0.1) is 5.82 Å². The summed E-state index contributed by atoms with van der Waals surface area (Å²) in [5.74, 6) is -1.12. The van der Waals surface area contributed by atoms with E-state index in [9.17, 15) is 22.4 Å². The monoisotopic (exact) mass is 471 g/mol. The molecule has 1 N–H and O–H groups in total. The maximum absolute atomic E-state index is 14.1. The van der Waals surface area contributed by atoms with E-state index in [1.54, 1.807) is 39.8 Å². The molecule has 1 aromatic heterocycles. The highest BCUT2D eigenvalue weighted by molar-refractivity contribution is 7.90.